The lowest BCUT2D eigenvalue weighted by Gasteiger charge is -2.46. The van der Waals surface area contributed by atoms with E-state index in [0.717, 1.165) is 26.1 Å². The van der Waals surface area contributed by atoms with Crippen LogP contribution in [0.4, 0.5) is 4.79 Å². The van der Waals surface area contributed by atoms with E-state index < -0.39 is 6.09 Å². The number of carboxylic acid groups (broad SMARTS) is 1. The maximum Gasteiger partial charge on any atom is 0.407 e. The van der Waals surface area contributed by atoms with Gasteiger partial charge < -0.3 is 10.0 Å². The van der Waals surface area contributed by atoms with Crippen LogP contribution in [-0.2, 0) is 0 Å². The Hall–Kier alpha value is -0.480. The minimum absolute atomic E-state index is 0.0297. The van der Waals surface area contributed by atoms with Crippen LogP contribution in [0.2, 0.25) is 0 Å². The molecule has 1 aliphatic rings. The molecule has 1 fully saturated rings. The number of hydrogen-bond acceptors (Lipinski definition) is 2. The number of amides is 1. The van der Waals surface area contributed by atoms with Crippen molar-refractivity contribution >= 4 is 17.7 Å². The van der Waals surface area contributed by atoms with E-state index in [1.807, 2.05) is 0 Å². The lowest BCUT2D eigenvalue weighted by atomic mass is 9.84. The average Bonchev–Trinajstić information content (AvgIpc) is 2.24. The van der Waals surface area contributed by atoms with Crippen molar-refractivity contribution in [2.24, 2.45) is 5.41 Å². The standard InChI is InChI=1S/C12H23ClN2O2/c1-12(2,3)10-9-14(6-4-5-13)7-8-15(10)11(16)17/h10H,4-9H2,1-3H3,(H,16,17). The Morgan fingerprint density at radius 1 is 1.41 bits per heavy atom. The van der Waals surface area contributed by atoms with Crippen molar-refractivity contribution in [3.63, 3.8) is 0 Å². The molecule has 0 aromatic rings. The number of rotatable bonds is 3. The van der Waals surface area contributed by atoms with E-state index in [9.17, 15) is 9.90 Å². The molecular weight excluding hydrogens is 240 g/mol. The molecule has 5 heteroatoms. The molecule has 0 saturated carbocycles. The summed E-state index contributed by atoms with van der Waals surface area (Å²) in [6.07, 6.45) is 0.160. The molecule has 1 amide bonds. The molecule has 17 heavy (non-hydrogen) atoms. The van der Waals surface area contributed by atoms with E-state index in [1.54, 1.807) is 4.90 Å². The first kappa shape index (κ1) is 14.6. The van der Waals surface area contributed by atoms with Crippen molar-refractivity contribution in [1.29, 1.82) is 0 Å². The molecule has 1 N–H and O–H groups in total. The molecule has 0 radical (unpaired) electrons. The number of hydrogen-bond donors (Lipinski definition) is 1. The first-order chi connectivity index (χ1) is 7.86. The largest absolute Gasteiger partial charge is 0.465 e. The van der Waals surface area contributed by atoms with Crippen LogP contribution >= 0.6 is 11.6 Å². The van der Waals surface area contributed by atoms with Crippen molar-refractivity contribution in [2.45, 2.75) is 33.2 Å². The molecule has 1 rings (SSSR count). The van der Waals surface area contributed by atoms with E-state index in [1.165, 1.54) is 0 Å². The molecule has 1 saturated heterocycles. The zero-order valence-corrected chi connectivity index (χ0v) is 11.7. The minimum Gasteiger partial charge on any atom is -0.465 e. The molecule has 0 bridgehead atoms. The Labute approximate surface area is 109 Å². The van der Waals surface area contributed by atoms with Crippen LogP contribution < -0.4 is 0 Å². The van der Waals surface area contributed by atoms with Gasteiger partial charge in [0.25, 0.3) is 0 Å². The third kappa shape index (κ3) is 4.03. The Morgan fingerprint density at radius 3 is 2.53 bits per heavy atom. The van der Waals surface area contributed by atoms with Crippen LogP contribution in [0, 0.1) is 5.41 Å². The fraction of sp³-hybridized carbons (Fsp3) is 0.917. The summed E-state index contributed by atoms with van der Waals surface area (Å²) in [5.74, 6) is 0.666. The first-order valence-electron chi connectivity index (χ1n) is 6.14. The number of alkyl halides is 1. The van der Waals surface area contributed by atoms with Gasteiger partial charge in [0.05, 0.1) is 6.04 Å². The van der Waals surface area contributed by atoms with Crippen molar-refractivity contribution in [3.8, 4) is 0 Å². The van der Waals surface area contributed by atoms with Gasteiger partial charge in [0, 0.05) is 25.5 Å². The van der Waals surface area contributed by atoms with Crippen LogP contribution in [0.5, 0.6) is 0 Å². The van der Waals surface area contributed by atoms with Crippen LogP contribution in [0.15, 0.2) is 0 Å². The highest BCUT2D eigenvalue weighted by Gasteiger charge is 2.37. The molecule has 1 unspecified atom stereocenters. The predicted molar refractivity (Wildman–Crippen MR) is 69.8 cm³/mol. The third-order valence-corrected chi connectivity index (χ3v) is 3.59. The molecule has 1 aliphatic heterocycles. The summed E-state index contributed by atoms with van der Waals surface area (Å²) in [7, 11) is 0. The van der Waals surface area contributed by atoms with Gasteiger partial charge in [-0.25, -0.2) is 4.79 Å². The fourth-order valence-corrected chi connectivity index (χ4v) is 2.42. The fourth-order valence-electron chi connectivity index (χ4n) is 2.30. The Kier molecular flexibility index (Phi) is 5.07. The monoisotopic (exact) mass is 262 g/mol. The molecule has 0 aromatic carbocycles. The van der Waals surface area contributed by atoms with E-state index in [-0.39, 0.29) is 11.5 Å². The summed E-state index contributed by atoms with van der Waals surface area (Å²) in [5.41, 5.74) is -0.0297. The Balaban J connectivity index is 2.67. The number of piperazine rings is 1. The summed E-state index contributed by atoms with van der Waals surface area (Å²) in [4.78, 5) is 15.1. The van der Waals surface area contributed by atoms with Crippen LogP contribution in [0.1, 0.15) is 27.2 Å². The summed E-state index contributed by atoms with van der Waals surface area (Å²) >= 11 is 5.69. The SMILES string of the molecule is CC(C)(C)C1CN(CCCCl)CCN1C(=O)O. The highest BCUT2D eigenvalue weighted by Crippen LogP contribution is 2.27. The summed E-state index contributed by atoms with van der Waals surface area (Å²) < 4.78 is 0. The molecule has 1 heterocycles. The molecule has 0 aliphatic carbocycles. The summed E-state index contributed by atoms with van der Waals surface area (Å²) in [5, 5.41) is 9.22. The zero-order chi connectivity index (χ0) is 13.1. The molecule has 1 atom stereocenters. The Morgan fingerprint density at radius 2 is 2.06 bits per heavy atom. The smallest absolute Gasteiger partial charge is 0.407 e. The van der Waals surface area contributed by atoms with E-state index >= 15 is 0 Å². The van der Waals surface area contributed by atoms with Crippen LogP contribution in [-0.4, -0.2) is 59.1 Å². The van der Waals surface area contributed by atoms with E-state index in [4.69, 9.17) is 11.6 Å². The quantitative estimate of drug-likeness (QED) is 0.794. The van der Waals surface area contributed by atoms with Gasteiger partial charge in [-0.2, -0.15) is 0 Å². The molecule has 4 nitrogen and oxygen atoms in total. The van der Waals surface area contributed by atoms with Gasteiger partial charge in [0.1, 0.15) is 0 Å². The van der Waals surface area contributed by atoms with E-state index in [0.29, 0.717) is 12.4 Å². The summed E-state index contributed by atoms with van der Waals surface area (Å²) in [6, 6.07) is 0.0593. The van der Waals surface area contributed by atoms with Gasteiger partial charge in [-0.05, 0) is 18.4 Å². The van der Waals surface area contributed by atoms with Gasteiger partial charge in [0.15, 0.2) is 0 Å². The maximum atomic E-state index is 11.2. The van der Waals surface area contributed by atoms with Crippen molar-refractivity contribution < 1.29 is 9.90 Å². The van der Waals surface area contributed by atoms with Crippen molar-refractivity contribution in [2.75, 3.05) is 32.1 Å². The second kappa shape index (κ2) is 5.91. The predicted octanol–water partition coefficient (Wildman–Crippen LogP) is 2.33. The number of halogens is 1. The van der Waals surface area contributed by atoms with Crippen molar-refractivity contribution in [3.05, 3.63) is 0 Å². The van der Waals surface area contributed by atoms with Gasteiger partial charge >= 0.3 is 6.09 Å². The lowest BCUT2D eigenvalue weighted by molar-refractivity contribution is 0.0219. The number of carbonyl (C=O) groups is 1. The van der Waals surface area contributed by atoms with Crippen LogP contribution in [0.25, 0.3) is 0 Å². The normalized spacial score (nSPS) is 22.8. The Bertz CT molecular complexity index is 266. The molecule has 100 valence electrons. The summed E-state index contributed by atoms with van der Waals surface area (Å²) in [6.45, 7) is 9.47. The molecule has 0 spiro atoms. The maximum absolute atomic E-state index is 11.2. The van der Waals surface area contributed by atoms with Gasteiger partial charge in [-0.3, -0.25) is 4.90 Å². The second-order valence-corrected chi connectivity index (χ2v) is 6.08. The zero-order valence-electron chi connectivity index (χ0n) is 10.9. The van der Waals surface area contributed by atoms with E-state index in [2.05, 4.69) is 25.7 Å². The lowest BCUT2D eigenvalue weighted by Crippen LogP contribution is -2.59. The van der Waals surface area contributed by atoms with Gasteiger partial charge in [-0.1, -0.05) is 20.8 Å². The third-order valence-electron chi connectivity index (χ3n) is 3.32. The highest BCUT2D eigenvalue weighted by molar-refractivity contribution is 6.17. The highest BCUT2D eigenvalue weighted by atomic mass is 35.5. The minimum atomic E-state index is -0.804. The molecule has 0 aromatic heterocycles. The molecular formula is C12H23ClN2O2. The van der Waals surface area contributed by atoms with Crippen molar-refractivity contribution in [1.82, 2.24) is 9.80 Å². The van der Waals surface area contributed by atoms with Crippen LogP contribution in [0.3, 0.4) is 0 Å². The number of nitrogens with zero attached hydrogens (tertiary/aromatic N) is 2. The van der Waals surface area contributed by atoms with Gasteiger partial charge in [-0.15, -0.1) is 11.6 Å². The van der Waals surface area contributed by atoms with Gasteiger partial charge in [0.2, 0.25) is 0 Å². The average molecular weight is 263 g/mol. The topological polar surface area (TPSA) is 43.8 Å². The first-order valence-corrected chi connectivity index (χ1v) is 6.67. The second-order valence-electron chi connectivity index (χ2n) is 5.70.